The average molecular weight is 350 g/mol. The summed E-state index contributed by atoms with van der Waals surface area (Å²) in [5.41, 5.74) is 3.03. The number of nitrogens with one attached hydrogen (secondary N) is 1. The number of esters is 1. The maximum absolute atomic E-state index is 12.4. The van der Waals surface area contributed by atoms with E-state index in [4.69, 9.17) is 9.26 Å². The minimum absolute atomic E-state index is 0.0736. The first kappa shape index (κ1) is 17.4. The topological polar surface area (TPSA) is 81.4 Å². The number of carbonyl (C=O) groups excluding carboxylic acids is 2. The summed E-state index contributed by atoms with van der Waals surface area (Å²) < 4.78 is 10.1. The number of aryl methyl sites for hydroxylation is 1. The van der Waals surface area contributed by atoms with Crippen LogP contribution in [0.25, 0.3) is 11.1 Å². The van der Waals surface area contributed by atoms with E-state index in [9.17, 15) is 9.59 Å². The molecular weight excluding hydrogens is 332 g/mol. The standard InChI is InChI=1S/C20H18N2O4/c1-3-25-20(24)16-12-15(14-7-5-4-6-8-14)9-10-17(16)21-19(23)18-11-13(2)22-26-18/h4-12H,3H2,1-2H3,(H,21,23). The fourth-order valence-corrected chi connectivity index (χ4v) is 2.50. The zero-order chi connectivity index (χ0) is 18.5. The SMILES string of the molecule is CCOC(=O)c1cc(-c2ccccc2)ccc1NC(=O)c1cc(C)no1. The number of amides is 1. The van der Waals surface area contributed by atoms with Crippen molar-refractivity contribution in [2.24, 2.45) is 0 Å². The van der Waals surface area contributed by atoms with Crippen LogP contribution in [-0.2, 0) is 4.74 Å². The van der Waals surface area contributed by atoms with Gasteiger partial charge in [-0.3, -0.25) is 4.79 Å². The van der Waals surface area contributed by atoms with Gasteiger partial charge in [0.2, 0.25) is 5.76 Å². The van der Waals surface area contributed by atoms with Gasteiger partial charge in [-0.2, -0.15) is 0 Å². The number of rotatable bonds is 5. The van der Waals surface area contributed by atoms with Crippen molar-refractivity contribution >= 4 is 17.6 Å². The molecule has 3 aromatic rings. The quantitative estimate of drug-likeness (QED) is 0.701. The van der Waals surface area contributed by atoms with E-state index < -0.39 is 11.9 Å². The van der Waals surface area contributed by atoms with Crippen LogP contribution in [0.15, 0.2) is 59.1 Å². The Labute approximate surface area is 150 Å². The molecule has 0 saturated carbocycles. The molecule has 6 nitrogen and oxygen atoms in total. The number of carbonyl (C=O) groups is 2. The third kappa shape index (κ3) is 3.80. The molecule has 0 saturated heterocycles. The van der Waals surface area contributed by atoms with Crippen molar-refractivity contribution in [1.82, 2.24) is 5.16 Å². The zero-order valence-electron chi connectivity index (χ0n) is 14.5. The summed E-state index contributed by atoms with van der Waals surface area (Å²) in [7, 11) is 0. The van der Waals surface area contributed by atoms with Gasteiger partial charge in [-0.25, -0.2) is 4.79 Å². The Morgan fingerprint density at radius 2 is 1.85 bits per heavy atom. The van der Waals surface area contributed by atoms with Crippen molar-refractivity contribution in [2.45, 2.75) is 13.8 Å². The number of hydrogen-bond donors (Lipinski definition) is 1. The third-order valence-electron chi connectivity index (χ3n) is 3.72. The molecule has 1 N–H and O–H groups in total. The van der Waals surface area contributed by atoms with Crippen LogP contribution in [0.2, 0.25) is 0 Å². The smallest absolute Gasteiger partial charge is 0.340 e. The highest BCUT2D eigenvalue weighted by Gasteiger charge is 2.18. The molecule has 132 valence electrons. The second-order valence-electron chi connectivity index (χ2n) is 5.63. The van der Waals surface area contributed by atoms with Crippen LogP contribution in [0.1, 0.15) is 33.5 Å². The number of ether oxygens (including phenoxy) is 1. The van der Waals surface area contributed by atoms with Crippen LogP contribution in [0, 0.1) is 6.92 Å². The minimum atomic E-state index is -0.505. The van der Waals surface area contributed by atoms with Gasteiger partial charge in [0.1, 0.15) is 0 Å². The van der Waals surface area contributed by atoms with Gasteiger partial charge in [0.15, 0.2) is 0 Å². The van der Waals surface area contributed by atoms with E-state index in [1.54, 1.807) is 26.0 Å². The fraction of sp³-hybridized carbons (Fsp3) is 0.150. The Morgan fingerprint density at radius 3 is 2.50 bits per heavy atom. The van der Waals surface area contributed by atoms with Gasteiger partial charge in [0, 0.05) is 6.07 Å². The van der Waals surface area contributed by atoms with Crippen molar-refractivity contribution < 1.29 is 18.8 Å². The Kier molecular flexibility index (Phi) is 5.12. The predicted octanol–water partition coefficient (Wildman–Crippen LogP) is 4.08. The van der Waals surface area contributed by atoms with Crippen molar-refractivity contribution in [3.05, 3.63) is 71.6 Å². The van der Waals surface area contributed by atoms with E-state index in [1.165, 1.54) is 6.07 Å². The van der Waals surface area contributed by atoms with Gasteiger partial charge in [-0.1, -0.05) is 41.6 Å². The van der Waals surface area contributed by atoms with E-state index >= 15 is 0 Å². The zero-order valence-corrected chi connectivity index (χ0v) is 14.5. The van der Waals surface area contributed by atoms with Gasteiger partial charge in [0.05, 0.1) is 23.6 Å². The van der Waals surface area contributed by atoms with Gasteiger partial charge < -0.3 is 14.6 Å². The Morgan fingerprint density at radius 1 is 1.08 bits per heavy atom. The lowest BCUT2D eigenvalue weighted by molar-refractivity contribution is 0.0527. The first-order valence-corrected chi connectivity index (χ1v) is 8.19. The number of hydrogen-bond acceptors (Lipinski definition) is 5. The van der Waals surface area contributed by atoms with E-state index in [2.05, 4.69) is 10.5 Å². The lowest BCUT2D eigenvalue weighted by Gasteiger charge is -2.12. The highest BCUT2D eigenvalue weighted by atomic mass is 16.5. The summed E-state index contributed by atoms with van der Waals surface area (Å²) in [4.78, 5) is 24.7. The molecule has 2 aromatic carbocycles. The van der Waals surface area contributed by atoms with E-state index in [-0.39, 0.29) is 17.9 Å². The molecule has 26 heavy (non-hydrogen) atoms. The maximum Gasteiger partial charge on any atom is 0.340 e. The Balaban J connectivity index is 1.95. The molecule has 0 atom stereocenters. The molecule has 0 fully saturated rings. The molecule has 1 amide bonds. The molecule has 3 rings (SSSR count). The molecule has 1 aromatic heterocycles. The fourth-order valence-electron chi connectivity index (χ4n) is 2.50. The van der Waals surface area contributed by atoms with Crippen LogP contribution in [-0.4, -0.2) is 23.6 Å². The summed E-state index contributed by atoms with van der Waals surface area (Å²) in [5, 5.41) is 6.38. The van der Waals surface area contributed by atoms with Gasteiger partial charge in [0.25, 0.3) is 5.91 Å². The monoisotopic (exact) mass is 350 g/mol. The highest BCUT2D eigenvalue weighted by Crippen LogP contribution is 2.26. The van der Waals surface area contributed by atoms with Crippen molar-refractivity contribution in [1.29, 1.82) is 0 Å². The second-order valence-corrected chi connectivity index (χ2v) is 5.63. The highest BCUT2D eigenvalue weighted by molar-refractivity contribution is 6.07. The summed E-state index contributed by atoms with van der Waals surface area (Å²) in [6.07, 6.45) is 0. The molecule has 0 spiro atoms. The van der Waals surface area contributed by atoms with E-state index in [1.807, 2.05) is 36.4 Å². The van der Waals surface area contributed by atoms with Crippen LogP contribution in [0.3, 0.4) is 0 Å². The predicted molar refractivity (Wildman–Crippen MR) is 97.0 cm³/mol. The normalized spacial score (nSPS) is 10.4. The largest absolute Gasteiger partial charge is 0.462 e. The van der Waals surface area contributed by atoms with Crippen LogP contribution in [0.5, 0.6) is 0 Å². The van der Waals surface area contributed by atoms with Gasteiger partial charge in [-0.05, 0) is 37.1 Å². The molecule has 0 bridgehead atoms. The van der Waals surface area contributed by atoms with Crippen LogP contribution >= 0.6 is 0 Å². The van der Waals surface area contributed by atoms with Crippen LogP contribution in [0.4, 0.5) is 5.69 Å². The number of aromatic nitrogens is 1. The molecule has 0 unspecified atom stereocenters. The van der Waals surface area contributed by atoms with E-state index in [0.717, 1.165) is 11.1 Å². The minimum Gasteiger partial charge on any atom is -0.462 e. The van der Waals surface area contributed by atoms with Crippen molar-refractivity contribution in [3.63, 3.8) is 0 Å². The van der Waals surface area contributed by atoms with Gasteiger partial charge >= 0.3 is 5.97 Å². The number of benzene rings is 2. The number of nitrogens with zero attached hydrogens (tertiary/aromatic N) is 1. The molecule has 0 aliphatic rings. The lowest BCUT2D eigenvalue weighted by Crippen LogP contribution is -2.15. The molecule has 0 radical (unpaired) electrons. The summed E-state index contributed by atoms with van der Waals surface area (Å²) >= 11 is 0. The molecule has 6 heteroatoms. The second kappa shape index (κ2) is 7.65. The lowest BCUT2D eigenvalue weighted by atomic mass is 10.0. The Bertz CT molecular complexity index is 932. The third-order valence-corrected chi connectivity index (χ3v) is 3.72. The van der Waals surface area contributed by atoms with Crippen molar-refractivity contribution in [3.8, 4) is 11.1 Å². The molecular formula is C20H18N2O4. The summed E-state index contributed by atoms with van der Waals surface area (Å²) in [6, 6.07) is 16.4. The summed E-state index contributed by atoms with van der Waals surface area (Å²) in [5.74, 6) is -0.914. The Hall–Kier alpha value is -3.41. The number of anilines is 1. The van der Waals surface area contributed by atoms with E-state index in [0.29, 0.717) is 11.4 Å². The van der Waals surface area contributed by atoms with Crippen molar-refractivity contribution in [2.75, 3.05) is 11.9 Å². The molecule has 0 aliphatic heterocycles. The molecule has 1 heterocycles. The molecule has 0 aliphatic carbocycles. The maximum atomic E-state index is 12.4. The first-order valence-electron chi connectivity index (χ1n) is 8.19. The summed E-state index contributed by atoms with van der Waals surface area (Å²) in [6.45, 7) is 3.69. The van der Waals surface area contributed by atoms with Crippen LogP contribution < -0.4 is 5.32 Å². The van der Waals surface area contributed by atoms with Gasteiger partial charge in [-0.15, -0.1) is 0 Å². The first-order chi connectivity index (χ1) is 12.6. The average Bonchev–Trinajstić information content (AvgIpc) is 3.09.